The smallest absolute Gasteiger partial charge is 0.138 e. The van der Waals surface area contributed by atoms with Crippen LogP contribution in [0.25, 0.3) is 99.8 Å². The molecule has 0 unspecified atom stereocenters. The molecule has 8 aromatic carbocycles. The number of hydrogen-bond acceptors (Lipinski definition) is 1. The van der Waals surface area contributed by atoms with Gasteiger partial charge in [-0.2, -0.15) is 0 Å². The van der Waals surface area contributed by atoms with E-state index in [2.05, 4.69) is 215 Å². The van der Waals surface area contributed by atoms with Crippen LogP contribution < -0.4 is 0 Å². The van der Waals surface area contributed by atoms with Gasteiger partial charge >= 0.3 is 0 Å². The molecular formula is C53H35N3. The van der Waals surface area contributed by atoms with Gasteiger partial charge in [0.15, 0.2) is 0 Å². The first kappa shape index (κ1) is 32.0. The summed E-state index contributed by atoms with van der Waals surface area (Å²) in [6, 6.07) is 76.3. The quantitative estimate of drug-likeness (QED) is 0.168. The molecule has 262 valence electrons. The van der Waals surface area contributed by atoms with Crippen molar-refractivity contribution in [2.45, 2.75) is 0 Å². The van der Waals surface area contributed by atoms with Gasteiger partial charge in [0, 0.05) is 38.4 Å². The molecule has 0 spiro atoms. The number of hydrogen-bond donors (Lipinski definition) is 0. The van der Waals surface area contributed by atoms with Crippen LogP contribution in [-0.2, 0) is 0 Å². The Bertz CT molecular complexity index is 3210. The van der Waals surface area contributed by atoms with Crippen molar-refractivity contribution in [3.8, 4) is 56.1 Å². The molecule has 11 aromatic rings. The second kappa shape index (κ2) is 13.1. The average molecular weight is 714 g/mol. The minimum absolute atomic E-state index is 0.888. The van der Waals surface area contributed by atoms with E-state index in [4.69, 9.17) is 4.98 Å². The fraction of sp³-hybridized carbons (Fsp3) is 0. The molecule has 0 N–H and O–H groups in total. The third-order valence-corrected chi connectivity index (χ3v) is 11.1. The summed E-state index contributed by atoms with van der Waals surface area (Å²) < 4.78 is 4.74. The zero-order valence-electron chi connectivity index (χ0n) is 30.5. The first-order valence-electron chi connectivity index (χ1n) is 19.1. The average Bonchev–Trinajstić information content (AvgIpc) is 3.79. The van der Waals surface area contributed by atoms with Gasteiger partial charge in [-0.25, -0.2) is 4.98 Å². The summed E-state index contributed by atoms with van der Waals surface area (Å²) in [6.45, 7) is 0. The summed E-state index contributed by atoms with van der Waals surface area (Å²) in [5.41, 5.74) is 14.9. The zero-order chi connectivity index (χ0) is 37.0. The SMILES string of the molecule is c1ccc(-c2cc(-c3ccccc3)c3c(c2)c2cc(-c4ccc5c(c4)c4ccccc4n5-c4ccccc4)ccc2n3-c2cccc(-c3ccccc3)n2)cc1. The van der Waals surface area contributed by atoms with Gasteiger partial charge in [-0.15, -0.1) is 0 Å². The zero-order valence-corrected chi connectivity index (χ0v) is 30.5. The monoisotopic (exact) mass is 713 g/mol. The highest BCUT2D eigenvalue weighted by atomic mass is 15.1. The Morgan fingerprint density at radius 3 is 1.54 bits per heavy atom. The number of para-hydroxylation sites is 2. The normalized spacial score (nSPS) is 11.6. The molecule has 0 saturated carbocycles. The van der Waals surface area contributed by atoms with Crippen LogP contribution in [0.2, 0.25) is 0 Å². The van der Waals surface area contributed by atoms with Gasteiger partial charge in [0.25, 0.3) is 0 Å². The molecule has 0 atom stereocenters. The number of rotatable bonds is 6. The molecule has 0 radical (unpaired) electrons. The van der Waals surface area contributed by atoms with Crippen LogP contribution in [-0.4, -0.2) is 14.1 Å². The molecule has 3 heterocycles. The first-order valence-corrected chi connectivity index (χ1v) is 19.1. The Balaban J connectivity index is 1.19. The lowest BCUT2D eigenvalue weighted by Gasteiger charge is -2.14. The Labute approximate surface area is 325 Å². The van der Waals surface area contributed by atoms with E-state index in [0.717, 1.165) is 33.8 Å². The van der Waals surface area contributed by atoms with E-state index in [0.29, 0.717) is 0 Å². The third kappa shape index (κ3) is 5.25. The second-order valence-corrected chi connectivity index (χ2v) is 14.4. The van der Waals surface area contributed by atoms with Gasteiger partial charge in [0.1, 0.15) is 5.82 Å². The Morgan fingerprint density at radius 2 is 0.839 bits per heavy atom. The van der Waals surface area contributed by atoms with Crippen LogP contribution in [0.3, 0.4) is 0 Å². The van der Waals surface area contributed by atoms with Gasteiger partial charge in [0.2, 0.25) is 0 Å². The molecule has 3 nitrogen and oxygen atoms in total. The van der Waals surface area contributed by atoms with E-state index in [-0.39, 0.29) is 0 Å². The van der Waals surface area contributed by atoms with Crippen molar-refractivity contribution in [2.24, 2.45) is 0 Å². The largest absolute Gasteiger partial charge is 0.309 e. The molecule has 0 aliphatic heterocycles. The minimum atomic E-state index is 0.888. The molecule has 0 bridgehead atoms. The van der Waals surface area contributed by atoms with Crippen LogP contribution >= 0.6 is 0 Å². The molecule has 11 rings (SSSR count). The molecule has 3 heteroatoms. The highest BCUT2D eigenvalue weighted by Crippen LogP contribution is 2.43. The van der Waals surface area contributed by atoms with Crippen molar-refractivity contribution in [3.05, 3.63) is 212 Å². The predicted molar refractivity (Wildman–Crippen MR) is 235 cm³/mol. The third-order valence-electron chi connectivity index (χ3n) is 11.1. The molecule has 56 heavy (non-hydrogen) atoms. The Hall–Kier alpha value is -7.49. The van der Waals surface area contributed by atoms with Gasteiger partial charge in [0.05, 0.1) is 27.8 Å². The molecular weight excluding hydrogens is 679 g/mol. The van der Waals surface area contributed by atoms with E-state index in [1.807, 2.05) is 6.07 Å². The lowest BCUT2D eigenvalue weighted by atomic mass is 9.95. The number of benzene rings is 8. The number of pyridine rings is 1. The van der Waals surface area contributed by atoms with Crippen LogP contribution in [0.15, 0.2) is 212 Å². The fourth-order valence-corrected chi connectivity index (χ4v) is 8.53. The van der Waals surface area contributed by atoms with Crippen LogP contribution in [0.1, 0.15) is 0 Å². The van der Waals surface area contributed by atoms with E-state index in [1.165, 1.54) is 66.0 Å². The highest BCUT2D eigenvalue weighted by molar-refractivity contribution is 6.16. The summed E-state index contributed by atoms with van der Waals surface area (Å²) in [6.07, 6.45) is 0. The molecule has 3 aromatic heterocycles. The first-order chi connectivity index (χ1) is 27.8. The predicted octanol–water partition coefficient (Wildman–Crippen LogP) is 13.9. The molecule has 0 amide bonds. The van der Waals surface area contributed by atoms with E-state index >= 15 is 0 Å². The number of nitrogens with zero attached hydrogens (tertiary/aromatic N) is 3. The molecule has 0 fully saturated rings. The van der Waals surface area contributed by atoms with E-state index < -0.39 is 0 Å². The van der Waals surface area contributed by atoms with Crippen LogP contribution in [0.4, 0.5) is 0 Å². The molecule has 0 saturated heterocycles. The van der Waals surface area contributed by atoms with Gasteiger partial charge in [-0.3, -0.25) is 4.57 Å². The summed E-state index contributed by atoms with van der Waals surface area (Å²) in [4.78, 5) is 5.33. The molecule has 0 aliphatic rings. The second-order valence-electron chi connectivity index (χ2n) is 14.4. The fourth-order valence-electron chi connectivity index (χ4n) is 8.53. The minimum Gasteiger partial charge on any atom is -0.309 e. The van der Waals surface area contributed by atoms with Crippen LogP contribution in [0.5, 0.6) is 0 Å². The maximum absolute atomic E-state index is 5.33. The maximum Gasteiger partial charge on any atom is 0.138 e. The van der Waals surface area contributed by atoms with Crippen molar-refractivity contribution >= 4 is 43.6 Å². The van der Waals surface area contributed by atoms with Crippen molar-refractivity contribution < 1.29 is 0 Å². The van der Waals surface area contributed by atoms with E-state index in [1.54, 1.807) is 0 Å². The summed E-state index contributed by atoms with van der Waals surface area (Å²) in [5.74, 6) is 0.888. The van der Waals surface area contributed by atoms with Crippen molar-refractivity contribution in [1.29, 1.82) is 0 Å². The number of aromatic nitrogens is 3. The van der Waals surface area contributed by atoms with Crippen molar-refractivity contribution in [2.75, 3.05) is 0 Å². The summed E-state index contributed by atoms with van der Waals surface area (Å²) in [7, 11) is 0. The van der Waals surface area contributed by atoms with Crippen molar-refractivity contribution in [3.63, 3.8) is 0 Å². The highest BCUT2D eigenvalue weighted by Gasteiger charge is 2.21. The topological polar surface area (TPSA) is 22.8 Å². The Kier molecular flexibility index (Phi) is 7.49. The van der Waals surface area contributed by atoms with Crippen LogP contribution in [0, 0.1) is 0 Å². The standard InChI is InChI=1S/C53H35N3/c1-5-16-36(17-6-1)41-34-44(37-18-7-2-8-19-37)53-47(35-41)46-33-40(29-31-51(46)56(53)52-27-15-25-48(54-52)38-20-9-3-10-21-38)39-28-30-50-45(32-39)43-24-13-14-26-49(43)55(50)42-22-11-4-12-23-42/h1-35H. The van der Waals surface area contributed by atoms with Gasteiger partial charge in [-0.05, 0) is 94.5 Å². The maximum atomic E-state index is 5.33. The lowest BCUT2D eigenvalue weighted by molar-refractivity contribution is 1.08. The Morgan fingerprint density at radius 1 is 0.304 bits per heavy atom. The summed E-state index contributed by atoms with van der Waals surface area (Å²) in [5, 5.41) is 4.86. The van der Waals surface area contributed by atoms with Gasteiger partial charge in [-0.1, -0.05) is 146 Å². The van der Waals surface area contributed by atoms with Gasteiger partial charge < -0.3 is 4.57 Å². The summed E-state index contributed by atoms with van der Waals surface area (Å²) >= 11 is 0. The lowest BCUT2D eigenvalue weighted by Crippen LogP contribution is -2.00. The van der Waals surface area contributed by atoms with E-state index in [9.17, 15) is 0 Å². The number of fused-ring (bicyclic) bond motifs is 6. The van der Waals surface area contributed by atoms with Crippen molar-refractivity contribution in [1.82, 2.24) is 14.1 Å². The molecule has 0 aliphatic carbocycles.